The number of amides is 1. The largest absolute Gasteiger partial charge is 0.481 e. The van der Waals surface area contributed by atoms with Gasteiger partial charge in [0, 0.05) is 19.2 Å². The van der Waals surface area contributed by atoms with E-state index in [1.54, 1.807) is 6.20 Å². The van der Waals surface area contributed by atoms with E-state index in [0.29, 0.717) is 25.1 Å². The van der Waals surface area contributed by atoms with Crippen LogP contribution in [0.3, 0.4) is 0 Å². The van der Waals surface area contributed by atoms with Gasteiger partial charge in [0.05, 0.1) is 18.2 Å². The summed E-state index contributed by atoms with van der Waals surface area (Å²) >= 11 is 0. The van der Waals surface area contributed by atoms with Gasteiger partial charge in [0.25, 0.3) is 0 Å². The molecule has 0 saturated heterocycles. The normalized spacial score (nSPS) is 17.1. The fraction of sp³-hybridized carbons (Fsp3) is 0.462. The summed E-state index contributed by atoms with van der Waals surface area (Å²) < 4.78 is 6.62. The van der Waals surface area contributed by atoms with Crippen LogP contribution in [-0.2, 0) is 29.0 Å². The third kappa shape index (κ3) is 3.37. The minimum Gasteiger partial charge on any atom is -0.481 e. The summed E-state index contributed by atoms with van der Waals surface area (Å²) in [5, 5.41) is 11.6. The van der Waals surface area contributed by atoms with Crippen LogP contribution in [0.1, 0.15) is 17.9 Å². The molecule has 0 spiro atoms. The number of carboxylic acid groups (broad SMARTS) is 1. The van der Waals surface area contributed by atoms with Crippen molar-refractivity contribution in [2.45, 2.75) is 25.9 Å². The van der Waals surface area contributed by atoms with Crippen molar-refractivity contribution in [1.82, 2.24) is 14.9 Å². The maximum Gasteiger partial charge on any atom is 0.407 e. The van der Waals surface area contributed by atoms with Gasteiger partial charge in [0.2, 0.25) is 0 Å². The molecule has 108 valence electrons. The number of carbonyl (C=O) groups is 2. The van der Waals surface area contributed by atoms with E-state index in [1.807, 2.05) is 4.57 Å². The summed E-state index contributed by atoms with van der Waals surface area (Å²) in [4.78, 5) is 26.6. The topological polar surface area (TPSA) is 93.5 Å². The first-order valence-corrected chi connectivity index (χ1v) is 6.39. The number of ether oxygens (including phenoxy) is 1. The molecular formula is C13H17N3O4. The molecule has 0 aliphatic carbocycles. The molecule has 0 radical (unpaired) electrons. The zero-order valence-corrected chi connectivity index (χ0v) is 11.0. The lowest BCUT2D eigenvalue weighted by molar-refractivity contribution is -0.142. The highest BCUT2D eigenvalue weighted by molar-refractivity contribution is 5.70. The Morgan fingerprint density at radius 3 is 3.15 bits per heavy atom. The number of alkyl carbamates (subject to hydrolysis) is 1. The Bertz CT molecular complexity index is 524. The number of carboxylic acids is 1. The Balaban J connectivity index is 1.91. The first kappa shape index (κ1) is 14.1. The highest BCUT2D eigenvalue weighted by Crippen LogP contribution is 2.20. The molecule has 1 atom stereocenters. The highest BCUT2D eigenvalue weighted by Gasteiger charge is 2.25. The zero-order chi connectivity index (χ0) is 14.5. The molecule has 1 amide bonds. The monoisotopic (exact) mass is 279 g/mol. The van der Waals surface area contributed by atoms with Crippen LogP contribution in [0.2, 0.25) is 0 Å². The van der Waals surface area contributed by atoms with Crippen LogP contribution in [0.15, 0.2) is 18.9 Å². The molecule has 7 heteroatoms. The fourth-order valence-electron chi connectivity index (χ4n) is 2.14. The van der Waals surface area contributed by atoms with E-state index in [-0.39, 0.29) is 19.1 Å². The Morgan fingerprint density at radius 1 is 1.65 bits per heavy atom. The predicted molar refractivity (Wildman–Crippen MR) is 70.1 cm³/mol. The maximum absolute atomic E-state index is 11.3. The molecule has 1 unspecified atom stereocenters. The number of imidazole rings is 1. The summed E-state index contributed by atoms with van der Waals surface area (Å²) in [6.07, 6.45) is 3.97. The smallest absolute Gasteiger partial charge is 0.407 e. The molecule has 0 bridgehead atoms. The van der Waals surface area contributed by atoms with Gasteiger partial charge in [-0.2, -0.15) is 0 Å². The summed E-state index contributed by atoms with van der Waals surface area (Å²) in [6.45, 7) is 4.29. The third-order valence-electron chi connectivity index (χ3n) is 3.14. The second-order valence-electron chi connectivity index (χ2n) is 4.62. The molecule has 0 fully saturated rings. The Hall–Kier alpha value is -2.31. The van der Waals surface area contributed by atoms with Crippen LogP contribution in [0.5, 0.6) is 0 Å². The van der Waals surface area contributed by atoms with Crippen molar-refractivity contribution in [2.75, 3.05) is 6.61 Å². The molecule has 1 aliphatic rings. The van der Waals surface area contributed by atoms with Gasteiger partial charge in [-0.1, -0.05) is 12.7 Å². The molecule has 1 aromatic heterocycles. The van der Waals surface area contributed by atoms with Gasteiger partial charge in [-0.15, -0.1) is 0 Å². The number of carbonyl (C=O) groups excluding carboxylic acids is 1. The quantitative estimate of drug-likeness (QED) is 0.782. The van der Waals surface area contributed by atoms with E-state index in [4.69, 9.17) is 9.84 Å². The highest BCUT2D eigenvalue weighted by atomic mass is 16.5. The van der Waals surface area contributed by atoms with Crippen LogP contribution in [0.25, 0.3) is 0 Å². The minimum atomic E-state index is -0.781. The van der Waals surface area contributed by atoms with Crippen molar-refractivity contribution < 1.29 is 19.4 Å². The zero-order valence-electron chi connectivity index (χ0n) is 11.0. The third-order valence-corrected chi connectivity index (χ3v) is 3.14. The molecule has 1 aromatic rings. The lowest BCUT2D eigenvalue weighted by Gasteiger charge is -2.19. The standard InChI is InChI=1S/C13H17N3O4/c1-2-5-20-13(19)14-6-10-8-16-7-9(12(17)18)3-4-11(16)15-10/h2,8-9H,1,3-7H2,(H,14,19)(H,17,18). The average Bonchev–Trinajstić information content (AvgIpc) is 2.84. The molecule has 2 rings (SSSR count). The summed E-state index contributed by atoms with van der Waals surface area (Å²) in [7, 11) is 0. The van der Waals surface area contributed by atoms with E-state index >= 15 is 0 Å². The predicted octanol–water partition coefficient (Wildman–Crippen LogP) is 0.942. The van der Waals surface area contributed by atoms with E-state index in [0.717, 1.165) is 5.82 Å². The minimum absolute atomic E-state index is 0.159. The first-order valence-electron chi connectivity index (χ1n) is 6.39. The Morgan fingerprint density at radius 2 is 2.45 bits per heavy atom. The number of hydrogen-bond donors (Lipinski definition) is 2. The summed E-state index contributed by atoms with van der Waals surface area (Å²) in [5.41, 5.74) is 0.696. The van der Waals surface area contributed by atoms with E-state index in [1.165, 1.54) is 6.08 Å². The van der Waals surface area contributed by atoms with Crippen molar-refractivity contribution >= 4 is 12.1 Å². The Labute approximate surface area is 116 Å². The first-order chi connectivity index (χ1) is 9.60. The number of aromatic nitrogens is 2. The van der Waals surface area contributed by atoms with Gasteiger partial charge in [-0.25, -0.2) is 9.78 Å². The van der Waals surface area contributed by atoms with Crippen molar-refractivity contribution in [1.29, 1.82) is 0 Å². The number of nitrogens with one attached hydrogen (secondary N) is 1. The number of aryl methyl sites for hydroxylation is 1. The molecule has 7 nitrogen and oxygen atoms in total. The van der Waals surface area contributed by atoms with Crippen molar-refractivity contribution in [2.24, 2.45) is 5.92 Å². The van der Waals surface area contributed by atoms with Crippen LogP contribution < -0.4 is 5.32 Å². The molecule has 0 saturated carbocycles. The van der Waals surface area contributed by atoms with Gasteiger partial charge in [0.15, 0.2) is 0 Å². The van der Waals surface area contributed by atoms with E-state index in [2.05, 4.69) is 16.9 Å². The molecule has 0 aromatic carbocycles. The molecule has 20 heavy (non-hydrogen) atoms. The van der Waals surface area contributed by atoms with E-state index in [9.17, 15) is 9.59 Å². The van der Waals surface area contributed by atoms with Gasteiger partial charge < -0.3 is 19.7 Å². The van der Waals surface area contributed by atoms with Crippen LogP contribution in [-0.4, -0.2) is 33.3 Å². The summed E-state index contributed by atoms with van der Waals surface area (Å²) in [5.74, 6) is -0.286. The second-order valence-corrected chi connectivity index (χ2v) is 4.62. The summed E-state index contributed by atoms with van der Waals surface area (Å²) in [6, 6.07) is 0. The molecular weight excluding hydrogens is 262 g/mol. The van der Waals surface area contributed by atoms with Crippen molar-refractivity contribution in [3.05, 3.63) is 30.4 Å². The van der Waals surface area contributed by atoms with Crippen molar-refractivity contribution in [3.8, 4) is 0 Å². The van der Waals surface area contributed by atoms with Crippen LogP contribution in [0, 0.1) is 5.92 Å². The molecule has 2 N–H and O–H groups in total. The number of rotatable bonds is 5. The van der Waals surface area contributed by atoms with Gasteiger partial charge in [0.1, 0.15) is 12.4 Å². The fourth-order valence-corrected chi connectivity index (χ4v) is 2.14. The molecule has 1 aliphatic heterocycles. The average molecular weight is 279 g/mol. The van der Waals surface area contributed by atoms with Gasteiger partial charge in [-0.3, -0.25) is 4.79 Å². The molecule has 2 heterocycles. The second kappa shape index (κ2) is 6.23. The lowest BCUT2D eigenvalue weighted by Crippen LogP contribution is -2.26. The number of fused-ring (bicyclic) bond motifs is 1. The van der Waals surface area contributed by atoms with Gasteiger partial charge >= 0.3 is 12.1 Å². The lowest BCUT2D eigenvalue weighted by atomic mass is 10.00. The van der Waals surface area contributed by atoms with Gasteiger partial charge in [-0.05, 0) is 6.42 Å². The number of aliphatic carboxylic acids is 1. The van der Waals surface area contributed by atoms with Crippen LogP contribution in [0.4, 0.5) is 4.79 Å². The van der Waals surface area contributed by atoms with E-state index < -0.39 is 12.1 Å². The maximum atomic E-state index is 11.3. The van der Waals surface area contributed by atoms with Crippen molar-refractivity contribution in [3.63, 3.8) is 0 Å². The number of nitrogens with zero attached hydrogens (tertiary/aromatic N) is 2. The number of hydrogen-bond acceptors (Lipinski definition) is 4. The van der Waals surface area contributed by atoms with Crippen LogP contribution >= 0.6 is 0 Å². The Kier molecular flexibility index (Phi) is 4.39. The SMILES string of the molecule is C=CCOC(=O)NCc1cn2c(n1)CCC(C(=O)O)C2.